The van der Waals surface area contributed by atoms with E-state index in [-0.39, 0.29) is 32.7 Å². The Bertz CT molecular complexity index is 613. The number of aliphatic hydroxyl groups excluding tert-OH is 2. The molecule has 5 N–H and O–H groups in total. The van der Waals surface area contributed by atoms with Crippen molar-refractivity contribution in [1.82, 2.24) is 10.6 Å². The topological polar surface area (TPSA) is 147 Å². The maximum absolute atomic E-state index is 12.8. The largest absolute Gasteiger partial charge is 0.396 e. The van der Waals surface area contributed by atoms with Crippen LogP contribution in [0.15, 0.2) is 0 Å². The van der Waals surface area contributed by atoms with Crippen LogP contribution in [0.4, 0.5) is 0 Å². The van der Waals surface area contributed by atoms with Crippen LogP contribution in [0.25, 0.3) is 0 Å². The van der Waals surface area contributed by atoms with Crippen molar-refractivity contribution in [3.05, 3.63) is 0 Å². The van der Waals surface area contributed by atoms with Gasteiger partial charge in [-0.15, -0.1) is 0 Å². The van der Waals surface area contributed by atoms with E-state index in [0.29, 0.717) is 0 Å². The molecule has 26 heavy (non-hydrogen) atoms. The van der Waals surface area contributed by atoms with E-state index in [1.54, 1.807) is 20.8 Å². The third-order valence-electron chi connectivity index (χ3n) is 5.30. The molecule has 4 saturated heterocycles. The summed E-state index contributed by atoms with van der Waals surface area (Å²) in [5.41, 5.74) is -5.63. The number of carbonyl (C=O) groups is 2. The minimum absolute atomic E-state index is 0.0158. The van der Waals surface area contributed by atoms with Gasteiger partial charge in [0.05, 0.1) is 13.2 Å². The van der Waals surface area contributed by atoms with Crippen LogP contribution >= 0.6 is 0 Å². The molecule has 0 saturated carbocycles. The molecular weight excluding hydrogens is 348 g/mol. The van der Waals surface area contributed by atoms with Crippen LogP contribution in [-0.2, 0) is 23.8 Å². The fraction of sp³-hybridized carbons (Fsp3) is 0.875. The molecule has 0 spiro atoms. The number of rotatable bonds is 4. The maximum Gasteiger partial charge on any atom is 0.278 e. The van der Waals surface area contributed by atoms with E-state index in [2.05, 4.69) is 10.6 Å². The van der Waals surface area contributed by atoms with Crippen molar-refractivity contribution in [2.24, 2.45) is 5.92 Å². The Morgan fingerprint density at radius 3 is 2.46 bits per heavy atom. The fourth-order valence-corrected chi connectivity index (χ4v) is 3.89. The average Bonchev–Trinajstić information content (AvgIpc) is 2.84. The zero-order valence-corrected chi connectivity index (χ0v) is 15.1. The number of ether oxygens (including phenoxy) is 3. The number of amides is 2. The maximum atomic E-state index is 12.8. The average molecular weight is 374 g/mol. The molecule has 4 fully saturated rings. The predicted molar refractivity (Wildman–Crippen MR) is 85.3 cm³/mol. The van der Waals surface area contributed by atoms with Gasteiger partial charge in [0.25, 0.3) is 17.5 Å². The van der Waals surface area contributed by atoms with Crippen molar-refractivity contribution < 1.29 is 39.1 Å². The molecule has 0 radical (unpaired) electrons. The smallest absolute Gasteiger partial charge is 0.278 e. The fourth-order valence-electron chi connectivity index (χ4n) is 3.89. The summed E-state index contributed by atoms with van der Waals surface area (Å²) in [4.78, 5) is 25.4. The molecule has 4 aliphatic heterocycles. The molecule has 10 heteroatoms. The standard InChI is InChI=1S/C16H26N2O8/c1-13(2)25-8-14(3,26-13)10(20)16-12(22)17-15(23,11(21)18-16)9(4-6-19)5-7-24-16/h9-10,19-20,23H,4-8H2,1-3H3,(H,17,22)(H,18,21)/t9?,10-,14+,15-,16+/m1/s1. The summed E-state index contributed by atoms with van der Waals surface area (Å²) in [6.45, 7) is 4.59. The van der Waals surface area contributed by atoms with Gasteiger partial charge >= 0.3 is 0 Å². The summed E-state index contributed by atoms with van der Waals surface area (Å²) < 4.78 is 16.9. The summed E-state index contributed by atoms with van der Waals surface area (Å²) in [6, 6.07) is 0. The molecule has 148 valence electrons. The molecule has 4 rings (SSSR count). The third kappa shape index (κ3) is 2.81. The molecule has 4 aliphatic rings. The van der Waals surface area contributed by atoms with Crippen LogP contribution in [-0.4, -0.2) is 75.9 Å². The van der Waals surface area contributed by atoms with E-state index in [9.17, 15) is 24.9 Å². The van der Waals surface area contributed by atoms with Gasteiger partial charge in [-0.3, -0.25) is 9.59 Å². The molecule has 5 atom stereocenters. The SMILES string of the molecule is CC1(C)OC[C@@](C)([C@@H](O)[C@@]23NC(=O)[C@@](O)(NC2=O)C(CCO)CCO3)O1. The Morgan fingerprint density at radius 2 is 1.88 bits per heavy atom. The van der Waals surface area contributed by atoms with Crippen molar-refractivity contribution in [2.45, 2.75) is 62.6 Å². The first kappa shape index (κ1) is 19.5. The van der Waals surface area contributed by atoms with Crippen molar-refractivity contribution in [1.29, 1.82) is 0 Å². The second-order valence-electron chi connectivity index (χ2n) is 7.76. The Morgan fingerprint density at radius 1 is 1.19 bits per heavy atom. The minimum Gasteiger partial charge on any atom is -0.396 e. The Labute approximate surface area is 150 Å². The number of aliphatic hydroxyl groups is 3. The highest BCUT2D eigenvalue weighted by Gasteiger charge is 2.66. The van der Waals surface area contributed by atoms with E-state index in [1.165, 1.54) is 0 Å². The van der Waals surface area contributed by atoms with Gasteiger partial charge in [0.15, 0.2) is 5.79 Å². The summed E-state index contributed by atoms with van der Waals surface area (Å²) in [7, 11) is 0. The number of hydrogen-bond donors (Lipinski definition) is 5. The highest BCUT2D eigenvalue weighted by Crippen LogP contribution is 2.40. The van der Waals surface area contributed by atoms with Crippen molar-refractivity contribution in [2.75, 3.05) is 19.8 Å². The van der Waals surface area contributed by atoms with Gasteiger partial charge in [0, 0.05) is 12.5 Å². The van der Waals surface area contributed by atoms with Gasteiger partial charge in [0.2, 0.25) is 5.72 Å². The van der Waals surface area contributed by atoms with Crippen LogP contribution < -0.4 is 10.6 Å². The van der Waals surface area contributed by atoms with E-state index < -0.39 is 46.7 Å². The monoisotopic (exact) mass is 374 g/mol. The lowest BCUT2D eigenvalue weighted by molar-refractivity contribution is -0.248. The van der Waals surface area contributed by atoms with Crippen LogP contribution in [0.5, 0.6) is 0 Å². The minimum atomic E-state index is -2.18. The molecule has 1 unspecified atom stereocenters. The summed E-state index contributed by atoms with van der Waals surface area (Å²) in [6.07, 6.45) is -1.29. The number of carbonyl (C=O) groups excluding carboxylic acids is 2. The highest BCUT2D eigenvalue weighted by atomic mass is 16.8. The van der Waals surface area contributed by atoms with Gasteiger partial charge < -0.3 is 40.2 Å². The van der Waals surface area contributed by atoms with Crippen molar-refractivity contribution >= 4 is 11.8 Å². The van der Waals surface area contributed by atoms with Crippen LogP contribution in [0.2, 0.25) is 0 Å². The lowest BCUT2D eigenvalue weighted by Gasteiger charge is -2.51. The van der Waals surface area contributed by atoms with E-state index in [4.69, 9.17) is 14.2 Å². The first-order valence-corrected chi connectivity index (χ1v) is 8.64. The quantitative estimate of drug-likeness (QED) is 0.377. The van der Waals surface area contributed by atoms with Gasteiger partial charge in [0.1, 0.15) is 11.7 Å². The predicted octanol–water partition coefficient (Wildman–Crippen LogP) is -2.06. The number of fused-ring (bicyclic) bond motifs is 5. The number of piperazine rings is 1. The molecule has 0 aromatic rings. The normalized spacial score (nSPS) is 43.4. The molecule has 0 aromatic carbocycles. The van der Waals surface area contributed by atoms with E-state index in [0.717, 1.165) is 0 Å². The zero-order chi connectivity index (χ0) is 19.4. The Hall–Kier alpha value is -1.30. The molecule has 2 amide bonds. The van der Waals surface area contributed by atoms with Gasteiger partial charge in [-0.1, -0.05) is 0 Å². The van der Waals surface area contributed by atoms with Crippen LogP contribution in [0.1, 0.15) is 33.6 Å². The highest BCUT2D eigenvalue weighted by molar-refractivity contribution is 6.01. The van der Waals surface area contributed by atoms with Crippen molar-refractivity contribution in [3.8, 4) is 0 Å². The Kier molecular flexibility index (Phi) is 4.57. The first-order chi connectivity index (χ1) is 12.0. The third-order valence-corrected chi connectivity index (χ3v) is 5.30. The van der Waals surface area contributed by atoms with E-state index >= 15 is 0 Å². The second-order valence-corrected chi connectivity index (χ2v) is 7.76. The van der Waals surface area contributed by atoms with Gasteiger partial charge in [-0.05, 0) is 33.6 Å². The lowest BCUT2D eigenvalue weighted by Crippen LogP contribution is -2.83. The molecule has 0 aromatic heterocycles. The number of hydrogen-bond acceptors (Lipinski definition) is 8. The van der Waals surface area contributed by atoms with E-state index in [1.807, 2.05) is 0 Å². The summed E-state index contributed by atoms with van der Waals surface area (Å²) >= 11 is 0. The molecular formula is C16H26N2O8. The molecule has 0 aliphatic carbocycles. The van der Waals surface area contributed by atoms with Crippen molar-refractivity contribution in [3.63, 3.8) is 0 Å². The van der Waals surface area contributed by atoms with Crippen LogP contribution in [0.3, 0.4) is 0 Å². The van der Waals surface area contributed by atoms with Crippen LogP contribution in [0, 0.1) is 5.92 Å². The molecule has 2 bridgehead atoms. The summed E-state index contributed by atoms with van der Waals surface area (Å²) in [5.74, 6) is -3.50. The lowest BCUT2D eigenvalue weighted by atomic mass is 9.81. The first-order valence-electron chi connectivity index (χ1n) is 8.64. The second kappa shape index (κ2) is 6.11. The Balaban J connectivity index is 1.94. The number of nitrogens with one attached hydrogen (secondary N) is 2. The molecule has 10 nitrogen and oxygen atoms in total. The molecule has 4 heterocycles. The van der Waals surface area contributed by atoms with Gasteiger partial charge in [-0.25, -0.2) is 0 Å². The zero-order valence-electron chi connectivity index (χ0n) is 15.1. The summed E-state index contributed by atoms with van der Waals surface area (Å²) in [5, 5.41) is 35.5. The van der Waals surface area contributed by atoms with Gasteiger partial charge in [-0.2, -0.15) is 0 Å².